The zero-order chi connectivity index (χ0) is 19.1. The number of carbonyl (C=O) groups excluding carboxylic acids is 1. The van der Waals surface area contributed by atoms with Crippen molar-refractivity contribution in [3.63, 3.8) is 0 Å². The summed E-state index contributed by atoms with van der Waals surface area (Å²) in [7, 11) is 0. The number of carbonyl (C=O) groups is 1. The summed E-state index contributed by atoms with van der Waals surface area (Å²) in [6.45, 7) is 10.1. The van der Waals surface area contributed by atoms with E-state index in [1.54, 1.807) is 0 Å². The molecule has 6 N–H and O–H groups in total. The van der Waals surface area contributed by atoms with Crippen molar-refractivity contribution in [3.8, 4) is 0 Å². The molecular weight excluding hydrogens is 326 g/mol. The van der Waals surface area contributed by atoms with E-state index in [1.807, 2.05) is 0 Å². The monoisotopic (exact) mass is 371 g/mol. The maximum Gasteiger partial charge on any atom is 0.219 e. The molecule has 156 valence electrons. The van der Waals surface area contributed by atoms with Gasteiger partial charge < -0.3 is 27.0 Å². The fraction of sp³-hybridized carbons (Fsp3) is 0.950. The molecule has 0 rings (SSSR count). The van der Waals surface area contributed by atoms with Gasteiger partial charge in [-0.1, -0.05) is 19.8 Å². The van der Waals surface area contributed by atoms with E-state index in [9.17, 15) is 4.79 Å². The van der Waals surface area contributed by atoms with Crippen LogP contribution in [-0.4, -0.2) is 58.3 Å². The molecule has 0 aliphatic rings. The molecule has 0 saturated carbocycles. The van der Waals surface area contributed by atoms with Crippen molar-refractivity contribution in [2.75, 3.05) is 52.4 Å². The van der Waals surface area contributed by atoms with Crippen LogP contribution in [0.1, 0.15) is 71.1 Å². The molecule has 0 aromatic heterocycles. The van der Waals surface area contributed by atoms with Gasteiger partial charge in [0.15, 0.2) is 0 Å². The fourth-order valence-electron chi connectivity index (χ4n) is 2.65. The lowest BCUT2D eigenvalue weighted by molar-refractivity contribution is -0.121. The van der Waals surface area contributed by atoms with E-state index in [2.05, 4.69) is 28.2 Å². The average Bonchev–Trinajstić information content (AvgIpc) is 2.65. The lowest BCUT2D eigenvalue weighted by Crippen LogP contribution is -2.27. The molecule has 0 aromatic carbocycles. The van der Waals surface area contributed by atoms with Crippen LogP contribution < -0.4 is 27.0 Å². The number of nitrogens with two attached hydrogens (primary N) is 1. The summed E-state index contributed by atoms with van der Waals surface area (Å²) < 4.78 is 0. The van der Waals surface area contributed by atoms with Crippen LogP contribution in [0.4, 0.5) is 0 Å². The van der Waals surface area contributed by atoms with Crippen LogP contribution in [-0.2, 0) is 4.79 Å². The molecule has 1 amide bonds. The van der Waals surface area contributed by atoms with Crippen LogP contribution in [0.25, 0.3) is 0 Å². The van der Waals surface area contributed by atoms with Crippen molar-refractivity contribution in [1.82, 2.24) is 21.3 Å². The SMILES string of the molecule is CCCCNCCCCCC(=O)NCCCNCCCCNCCCN. The minimum atomic E-state index is 0.201. The van der Waals surface area contributed by atoms with Gasteiger partial charge in [-0.25, -0.2) is 0 Å². The Bertz CT molecular complexity index is 289. The van der Waals surface area contributed by atoms with E-state index in [-0.39, 0.29) is 5.91 Å². The van der Waals surface area contributed by atoms with Gasteiger partial charge in [-0.05, 0) is 90.8 Å². The minimum absolute atomic E-state index is 0.201. The molecule has 0 unspecified atom stereocenters. The van der Waals surface area contributed by atoms with E-state index in [1.165, 1.54) is 32.1 Å². The minimum Gasteiger partial charge on any atom is -0.356 e. The smallest absolute Gasteiger partial charge is 0.219 e. The third-order valence-electron chi connectivity index (χ3n) is 4.33. The second-order valence-corrected chi connectivity index (χ2v) is 6.97. The number of unbranched alkanes of at least 4 members (excludes halogenated alkanes) is 4. The van der Waals surface area contributed by atoms with E-state index >= 15 is 0 Å². The molecule has 6 heteroatoms. The van der Waals surface area contributed by atoms with Crippen LogP contribution in [0, 0.1) is 0 Å². The highest BCUT2D eigenvalue weighted by atomic mass is 16.1. The van der Waals surface area contributed by atoms with Crippen LogP contribution in [0.15, 0.2) is 0 Å². The van der Waals surface area contributed by atoms with Crippen LogP contribution in [0.2, 0.25) is 0 Å². The van der Waals surface area contributed by atoms with Gasteiger partial charge >= 0.3 is 0 Å². The standard InChI is InChI=1S/C20H45N5O/c1-2-3-13-22-14-6-4-5-11-20(26)25-19-10-18-24-16-8-7-15-23-17-9-12-21/h22-24H,2-19,21H2,1H3,(H,25,26). The van der Waals surface area contributed by atoms with E-state index < -0.39 is 0 Å². The van der Waals surface area contributed by atoms with Gasteiger partial charge in [-0.15, -0.1) is 0 Å². The summed E-state index contributed by atoms with van der Waals surface area (Å²) in [5.41, 5.74) is 5.44. The number of hydrogen-bond acceptors (Lipinski definition) is 5. The normalized spacial score (nSPS) is 11.0. The molecule has 0 saturated heterocycles. The van der Waals surface area contributed by atoms with Crippen molar-refractivity contribution in [3.05, 3.63) is 0 Å². The Balaban J connectivity index is 3.13. The number of hydrogen-bond donors (Lipinski definition) is 5. The zero-order valence-corrected chi connectivity index (χ0v) is 17.2. The number of rotatable bonds is 21. The lowest BCUT2D eigenvalue weighted by atomic mass is 10.2. The van der Waals surface area contributed by atoms with Gasteiger partial charge in [-0.3, -0.25) is 4.79 Å². The van der Waals surface area contributed by atoms with Crippen molar-refractivity contribution in [1.29, 1.82) is 0 Å². The predicted octanol–water partition coefficient (Wildman–Crippen LogP) is 1.75. The summed E-state index contributed by atoms with van der Waals surface area (Å²) in [6, 6.07) is 0. The van der Waals surface area contributed by atoms with Gasteiger partial charge in [0.2, 0.25) is 5.91 Å². The van der Waals surface area contributed by atoms with Crippen molar-refractivity contribution in [2.45, 2.75) is 71.1 Å². The molecule has 0 bridgehead atoms. The lowest BCUT2D eigenvalue weighted by Gasteiger charge is -2.07. The first kappa shape index (κ1) is 25.3. The molecule has 6 nitrogen and oxygen atoms in total. The zero-order valence-electron chi connectivity index (χ0n) is 17.2. The Hall–Kier alpha value is -0.690. The highest BCUT2D eigenvalue weighted by Crippen LogP contribution is 1.99. The van der Waals surface area contributed by atoms with Crippen molar-refractivity contribution < 1.29 is 4.79 Å². The molecule has 0 atom stereocenters. The Morgan fingerprint density at radius 1 is 0.654 bits per heavy atom. The van der Waals surface area contributed by atoms with E-state index in [4.69, 9.17) is 5.73 Å². The van der Waals surface area contributed by atoms with Crippen LogP contribution >= 0.6 is 0 Å². The van der Waals surface area contributed by atoms with Crippen LogP contribution in [0.5, 0.6) is 0 Å². The maximum atomic E-state index is 11.7. The molecule has 0 aliphatic heterocycles. The summed E-state index contributed by atoms with van der Waals surface area (Å²) >= 11 is 0. The van der Waals surface area contributed by atoms with Crippen molar-refractivity contribution in [2.24, 2.45) is 5.73 Å². The Labute approximate surface area is 161 Å². The topological polar surface area (TPSA) is 91.2 Å². The van der Waals surface area contributed by atoms with E-state index in [0.29, 0.717) is 6.42 Å². The molecule has 0 fully saturated rings. The molecule has 0 spiro atoms. The molecule has 0 radical (unpaired) electrons. The van der Waals surface area contributed by atoms with Gasteiger partial charge in [0.1, 0.15) is 0 Å². The third-order valence-corrected chi connectivity index (χ3v) is 4.33. The summed E-state index contributed by atoms with van der Waals surface area (Å²) in [5.74, 6) is 0.201. The summed E-state index contributed by atoms with van der Waals surface area (Å²) in [6.07, 6.45) is 10.9. The van der Waals surface area contributed by atoms with Gasteiger partial charge in [0, 0.05) is 13.0 Å². The largest absolute Gasteiger partial charge is 0.356 e. The highest BCUT2D eigenvalue weighted by molar-refractivity contribution is 5.75. The molecular formula is C20H45N5O. The quantitative estimate of drug-likeness (QED) is 0.198. The summed E-state index contributed by atoms with van der Waals surface area (Å²) in [5, 5.41) is 13.3. The van der Waals surface area contributed by atoms with Gasteiger partial charge in [0.05, 0.1) is 0 Å². The second kappa shape index (κ2) is 22.4. The first-order valence-corrected chi connectivity index (χ1v) is 10.9. The maximum absolute atomic E-state index is 11.7. The Morgan fingerprint density at radius 2 is 1.19 bits per heavy atom. The van der Waals surface area contributed by atoms with Gasteiger partial charge in [0.25, 0.3) is 0 Å². The Kier molecular flexibility index (Phi) is 21.8. The summed E-state index contributed by atoms with van der Waals surface area (Å²) in [4.78, 5) is 11.7. The fourth-order valence-corrected chi connectivity index (χ4v) is 2.65. The predicted molar refractivity (Wildman–Crippen MR) is 113 cm³/mol. The Morgan fingerprint density at radius 3 is 1.81 bits per heavy atom. The highest BCUT2D eigenvalue weighted by Gasteiger charge is 2.00. The number of amides is 1. The first-order valence-electron chi connectivity index (χ1n) is 10.9. The molecule has 0 aromatic rings. The van der Waals surface area contributed by atoms with Gasteiger partial charge in [-0.2, -0.15) is 0 Å². The molecule has 0 heterocycles. The second-order valence-electron chi connectivity index (χ2n) is 6.97. The van der Waals surface area contributed by atoms with Crippen LogP contribution in [0.3, 0.4) is 0 Å². The first-order chi connectivity index (χ1) is 12.8. The number of nitrogens with one attached hydrogen (secondary N) is 4. The van der Waals surface area contributed by atoms with E-state index in [0.717, 1.165) is 78.0 Å². The molecule has 0 aliphatic carbocycles. The van der Waals surface area contributed by atoms with Crippen molar-refractivity contribution >= 4 is 5.91 Å². The average molecular weight is 372 g/mol. The molecule has 26 heavy (non-hydrogen) atoms. The third kappa shape index (κ3) is 21.4.